The molecule has 5 heteroatoms. The second kappa shape index (κ2) is 5.71. The number of hydrazine groups is 1. The summed E-state index contributed by atoms with van der Waals surface area (Å²) in [6.45, 7) is 2.82. The van der Waals surface area contributed by atoms with Gasteiger partial charge in [0, 0.05) is 0 Å². The van der Waals surface area contributed by atoms with E-state index < -0.39 is 0 Å². The van der Waals surface area contributed by atoms with Crippen molar-refractivity contribution in [2.24, 2.45) is 5.84 Å². The van der Waals surface area contributed by atoms with Crippen LogP contribution in [0.3, 0.4) is 0 Å². The number of ether oxygens (including phenoxy) is 2. The molecule has 1 aliphatic heterocycles. The van der Waals surface area contributed by atoms with E-state index in [0.717, 1.165) is 16.9 Å². The van der Waals surface area contributed by atoms with Gasteiger partial charge < -0.3 is 9.47 Å². The zero-order valence-electron chi connectivity index (χ0n) is 11.7. The van der Waals surface area contributed by atoms with E-state index in [1.807, 2.05) is 18.2 Å². The van der Waals surface area contributed by atoms with Crippen LogP contribution in [0.25, 0.3) is 0 Å². The Kier molecular flexibility index (Phi) is 3.77. The molecule has 4 nitrogen and oxygen atoms in total. The molecule has 0 radical (unpaired) electrons. The Bertz CT molecular complexity index is 661. The standard InChI is InChI=1S/C16H17FN2O2/c1-10-8-11(2-4-13(10)17)16(19-18)12-3-5-14-15(9-12)21-7-6-20-14/h2-5,8-9,16,19H,6-7,18H2,1H3. The summed E-state index contributed by atoms with van der Waals surface area (Å²) >= 11 is 0. The van der Waals surface area contributed by atoms with Gasteiger partial charge in [0.2, 0.25) is 0 Å². The van der Waals surface area contributed by atoms with Crippen molar-refractivity contribution < 1.29 is 13.9 Å². The summed E-state index contributed by atoms with van der Waals surface area (Å²) in [6.07, 6.45) is 0. The van der Waals surface area contributed by atoms with Crippen LogP contribution in [-0.4, -0.2) is 13.2 Å². The monoisotopic (exact) mass is 288 g/mol. The Labute approximate surface area is 122 Å². The van der Waals surface area contributed by atoms with E-state index in [1.165, 1.54) is 6.07 Å². The van der Waals surface area contributed by atoms with Crippen LogP contribution < -0.4 is 20.7 Å². The van der Waals surface area contributed by atoms with Gasteiger partial charge in [-0.25, -0.2) is 9.82 Å². The van der Waals surface area contributed by atoms with Gasteiger partial charge in [0.25, 0.3) is 0 Å². The molecule has 0 aromatic heterocycles. The molecule has 3 N–H and O–H groups in total. The van der Waals surface area contributed by atoms with Crippen LogP contribution in [-0.2, 0) is 0 Å². The van der Waals surface area contributed by atoms with Crippen LogP contribution in [0.2, 0.25) is 0 Å². The molecule has 2 aromatic carbocycles. The predicted molar refractivity (Wildman–Crippen MR) is 77.7 cm³/mol. The van der Waals surface area contributed by atoms with Crippen molar-refractivity contribution in [2.75, 3.05) is 13.2 Å². The highest BCUT2D eigenvalue weighted by Crippen LogP contribution is 2.34. The summed E-state index contributed by atoms with van der Waals surface area (Å²) in [7, 11) is 0. The number of nitrogens with two attached hydrogens (primary N) is 1. The number of hydrogen-bond donors (Lipinski definition) is 2. The Morgan fingerprint density at radius 1 is 1.05 bits per heavy atom. The van der Waals surface area contributed by atoms with Gasteiger partial charge in [-0.3, -0.25) is 5.84 Å². The van der Waals surface area contributed by atoms with Gasteiger partial charge in [0.1, 0.15) is 19.0 Å². The highest BCUT2D eigenvalue weighted by atomic mass is 19.1. The molecule has 1 heterocycles. The quantitative estimate of drug-likeness (QED) is 0.673. The first-order valence-electron chi connectivity index (χ1n) is 6.81. The van der Waals surface area contributed by atoms with Crippen molar-refractivity contribution in [3.05, 3.63) is 58.9 Å². The molecule has 0 bridgehead atoms. The van der Waals surface area contributed by atoms with Gasteiger partial charge in [-0.15, -0.1) is 0 Å². The van der Waals surface area contributed by atoms with Gasteiger partial charge in [-0.05, 0) is 41.8 Å². The van der Waals surface area contributed by atoms with Gasteiger partial charge >= 0.3 is 0 Å². The number of fused-ring (bicyclic) bond motifs is 1. The van der Waals surface area contributed by atoms with Crippen molar-refractivity contribution in [3.8, 4) is 11.5 Å². The lowest BCUT2D eigenvalue weighted by Gasteiger charge is -2.22. The second-order valence-corrected chi connectivity index (χ2v) is 5.01. The van der Waals surface area contributed by atoms with Crippen LogP contribution in [0, 0.1) is 12.7 Å². The fourth-order valence-corrected chi connectivity index (χ4v) is 2.47. The Hall–Kier alpha value is -2.11. The highest BCUT2D eigenvalue weighted by molar-refractivity contribution is 5.46. The average molecular weight is 288 g/mol. The van der Waals surface area contributed by atoms with Crippen molar-refractivity contribution >= 4 is 0 Å². The molecule has 1 atom stereocenters. The van der Waals surface area contributed by atoms with Crippen LogP contribution in [0.4, 0.5) is 4.39 Å². The van der Waals surface area contributed by atoms with E-state index in [1.54, 1.807) is 19.1 Å². The fraction of sp³-hybridized carbons (Fsp3) is 0.250. The SMILES string of the molecule is Cc1cc(C(NN)c2ccc3c(c2)OCCO3)ccc1F. The van der Waals surface area contributed by atoms with E-state index in [2.05, 4.69) is 5.43 Å². The van der Waals surface area contributed by atoms with Crippen molar-refractivity contribution in [1.29, 1.82) is 0 Å². The second-order valence-electron chi connectivity index (χ2n) is 5.01. The maximum absolute atomic E-state index is 13.4. The maximum Gasteiger partial charge on any atom is 0.161 e. The van der Waals surface area contributed by atoms with E-state index >= 15 is 0 Å². The normalized spacial score (nSPS) is 14.8. The Balaban J connectivity index is 1.97. The lowest BCUT2D eigenvalue weighted by molar-refractivity contribution is 0.171. The molecule has 0 saturated heterocycles. The minimum atomic E-state index is -0.236. The first-order valence-corrected chi connectivity index (χ1v) is 6.81. The van der Waals surface area contributed by atoms with Crippen LogP contribution in [0.1, 0.15) is 22.7 Å². The van der Waals surface area contributed by atoms with Crippen molar-refractivity contribution in [2.45, 2.75) is 13.0 Å². The van der Waals surface area contributed by atoms with E-state index in [-0.39, 0.29) is 11.9 Å². The predicted octanol–water partition coefficient (Wildman–Crippen LogP) is 2.46. The molecule has 2 aromatic rings. The first kappa shape index (κ1) is 13.9. The van der Waals surface area contributed by atoms with Crippen molar-refractivity contribution in [3.63, 3.8) is 0 Å². The summed E-state index contributed by atoms with van der Waals surface area (Å²) in [5.74, 6) is 6.90. The molecule has 0 spiro atoms. The van der Waals surface area contributed by atoms with Gasteiger partial charge in [-0.1, -0.05) is 18.2 Å². The average Bonchev–Trinajstić information content (AvgIpc) is 2.51. The fourth-order valence-electron chi connectivity index (χ4n) is 2.47. The number of halogens is 1. The highest BCUT2D eigenvalue weighted by Gasteiger charge is 2.18. The lowest BCUT2D eigenvalue weighted by Crippen LogP contribution is -2.29. The third kappa shape index (κ3) is 2.70. The van der Waals surface area contributed by atoms with E-state index in [9.17, 15) is 4.39 Å². The molecule has 0 fully saturated rings. The first-order chi connectivity index (χ1) is 10.2. The zero-order chi connectivity index (χ0) is 14.8. The molecule has 3 rings (SSSR count). The third-order valence-corrected chi connectivity index (χ3v) is 3.58. The summed E-state index contributed by atoms with van der Waals surface area (Å²) in [4.78, 5) is 0. The molecule has 110 valence electrons. The summed E-state index contributed by atoms with van der Waals surface area (Å²) in [6, 6.07) is 10.4. The van der Waals surface area contributed by atoms with Gasteiger partial charge in [0.05, 0.1) is 6.04 Å². The van der Waals surface area contributed by atoms with E-state index in [0.29, 0.717) is 24.5 Å². The largest absolute Gasteiger partial charge is 0.486 e. The zero-order valence-corrected chi connectivity index (χ0v) is 11.7. The number of nitrogens with one attached hydrogen (secondary N) is 1. The maximum atomic E-state index is 13.4. The van der Waals surface area contributed by atoms with E-state index in [4.69, 9.17) is 15.3 Å². The molecule has 0 saturated carbocycles. The van der Waals surface area contributed by atoms with Crippen molar-refractivity contribution in [1.82, 2.24) is 5.43 Å². The number of aryl methyl sites for hydroxylation is 1. The lowest BCUT2D eigenvalue weighted by atomic mass is 9.97. The molecule has 1 aliphatic rings. The number of hydrogen-bond acceptors (Lipinski definition) is 4. The summed E-state index contributed by atoms with van der Waals surface area (Å²) in [5.41, 5.74) is 5.19. The van der Waals surface area contributed by atoms with Gasteiger partial charge in [0.15, 0.2) is 11.5 Å². The topological polar surface area (TPSA) is 56.5 Å². The molecule has 0 amide bonds. The van der Waals surface area contributed by atoms with Gasteiger partial charge in [-0.2, -0.15) is 0 Å². The minimum Gasteiger partial charge on any atom is -0.486 e. The Morgan fingerprint density at radius 3 is 2.43 bits per heavy atom. The van der Waals surface area contributed by atoms with Crippen LogP contribution in [0.5, 0.6) is 11.5 Å². The Morgan fingerprint density at radius 2 is 1.71 bits per heavy atom. The van der Waals surface area contributed by atoms with Crippen LogP contribution >= 0.6 is 0 Å². The third-order valence-electron chi connectivity index (χ3n) is 3.58. The molecule has 0 aliphatic carbocycles. The molecule has 1 unspecified atom stereocenters. The molecule has 21 heavy (non-hydrogen) atoms. The van der Waals surface area contributed by atoms with Crippen LogP contribution in [0.15, 0.2) is 36.4 Å². The molecular weight excluding hydrogens is 271 g/mol. The minimum absolute atomic E-state index is 0.225. The number of benzene rings is 2. The summed E-state index contributed by atoms with van der Waals surface area (Å²) < 4.78 is 24.5. The number of rotatable bonds is 3. The smallest absolute Gasteiger partial charge is 0.161 e. The summed E-state index contributed by atoms with van der Waals surface area (Å²) in [5, 5.41) is 0. The molecular formula is C16H17FN2O2.